The van der Waals surface area contributed by atoms with Crippen molar-refractivity contribution in [3.05, 3.63) is 35.9 Å². The van der Waals surface area contributed by atoms with E-state index in [0.29, 0.717) is 5.56 Å². The van der Waals surface area contributed by atoms with Crippen molar-refractivity contribution in [2.45, 2.75) is 25.5 Å². The molecule has 1 aromatic rings. The summed E-state index contributed by atoms with van der Waals surface area (Å²) in [4.78, 5) is 23.3. The number of benzene rings is 1. The molecule has 2 unspecified atom stereocenters. The molecule has 0 heterocycles. The van der Waals surface area contributed by atoms with Crippen LogP contribution in [0.15, 0.2) is 30.3 Å². The fourth-order valence-corrected chi connectivity index (χ4v) is 1.62. The minimum Gasteiger partial charge on any atom is -0.481 e. The van der Waals surface area contributed by atoms with E-state index in [1.54, 1.807) is 31.2 Å². The van der Waals surface area contributed by atoms with Gasteiger partial charge in [0, 0.05) is 7.05 Å². The normalized spacial score (nSPS) is 13.7. The fourth-order valence-electron chi connectivity index (χ4n) is 1.62. The Labute approximate surface area is 106 Å². The summed E-state index contributed by atoms with van der Waals surface area (Å²) in [6.45, 7) is 1.68. The molecule has 2 N–H and O–H groups in total. The highest BCUT2D eigenvalue weighted by Crippen LogP contribution is 2.20. The fraction of sp³-hybridized carbons (Fsp3) is 0.385. The van der Waals surface area contributed by atoms with Crippen LogP contribution in [0.1, 0.15) is 25.0 Å². The van der Waals surface area contributed by atoms with Gasteiger partial charge in [0.1, 0.15) is 6.42 Å². The lowest BCUT2D eigenvalue weighted by Crippen LogP contribution is -2.39. The van der Waals surface area contributed by atoms with Crippen LogP contribution >= 0.6 is 0 Å². The molecule has 0 aromatic heterocycles. The van der Waals surface area contributed by atoms with Crippen molar-refractivity contribution >= 4 is 11.9 Å². The molecule has 0 fully saturated rings. The monoisotopic (exact) mass is 251 g/mol. The summed E-state index contributed by atoms with van der Waals surface area (Å²) in [7, 11) is 1.49. The van der Waals surface area contributed by atoms with Crippen molar-refractivity contribution in [1.29, 1.82) is 0 Å². The van der Waals surface area contributed by atoms with Gasteiger partial charge in [0.15, 0.2) is 0 Å². The molecule has 1 rings (SSSR count). The van der Waals surface area contributed by atoms with Crippen LogP contribution in [0.25, 0.3) is 0 Å². The highest BCUT2D eigenvalue weighted by molar-refractivity contribution is 5.93. The maximum atomic E-state index is 11.6. The Bertz CT molecular complexity index is 418. The first-order chi connectivity index (χ1) is 8.43. The SMILES string of the molecule is CC(C(O)c1ccccc1)N(C)C(=O)CC(=O)O. The number of carboxylic acid groups (broad SMARTS) is 1. The van der Waals surface area contributed by atoms with E-state index in [1.165, 1.54) is 11.9 Å². The Kier molecular flexibility index (Phi) is 4.85. The lowest BCUT2D eigenvalue weighted by Gasteiger charge is -2.28. The summed E-state index contributed by atoms with van der Waals surface area (Å²) in [5, 5.41) is 18.7. The van der Waals surface area contributed by atoms with Crippen molar-refractivity contribution in [2.75, 3.05) is 7.05 Å². The van der Waals surface area contributed by atoms with E-state index in [4.69, 9.17) is 5.11 Å². The second-order valence-electron chi connectivity index (χ2n) is 4.17. The molecule has 0 spiro atoms. The number of carbonyl (C=O) groups excluding carboxylic acids is 1. The number of nitrogens with zero attached hydrogens (tertiary/aromatic N) is 1. The summed E-state index contributed by atoms with van der Waals surface area (Å²) in [6.07, 6.45) is -1.41. The Morgan fingerprint density at radius 1 is 1.28 bits per heavy atom. The van der Waals surface area contributed by atoms with E-state index in [-0.39, 0.29) is 0 Å². The van der Waals surface area contributed by atoms with Crippen molar-refractivity contribution in [2.24, 2.45) is 0 Å². The van der Waals surface area contributed by atoms with Crippen LogP contribution in [0.5, 0.6) is 0 Å². The molecule has 0 aliphatic carbocycles. The number of carboxylic acids is 1. The van der Waals surface area contributed by atoms with Crippen molar-refractivity contribution in [3.8, 4) is 0 Å². The quantitative estimate of drug-likeness (QED) is 0.766. The number of carbonyl (C=O) groups is 2. The van der Waals surface area contributed by atoms with E-state index in [9.17, 15) is 14.7 Å². The van der Waals surface area contributed by atoms with E-state index < -0.39 is 30.4 Å². The van der Waals surface area contributed by atoms with Gasteiger partial charge < -0.3 is 15.1 Å². The van der Waals surface area contributed by atoms with Gasteiger partial charge in [-0.15, -0.1) is 0 Å². The van der Waals surface area contributed by atoms with E-state index in [1.807, 2.05) is 6.07 Å². The Balaban J connectivity index is 2.72. The molecule has 0 radical (unpaired) electrons. The molecular formula is C13H17NO4. The van der Waals surface area contributed by atoms with Crippen molar-refractivity contribution < 1.29 is 19.8 Å². The van der Waals surface area contributed by atoms with Gasteiger partial charge in [-0.2, -0.15) is 0 Å². The number of amides is 1. The first kappa shape index (κ1) is 14.2. The van der Waals surface area contributed by atoms with Crippen molar-refractivity contribution in [3.63, 3.8) is 0 Å². The first-order valence-corrected chi connectivity index (χ1v) is 5.64. The molecular weight excluding hydrogens is 234 g/mol. The molecule has 1 amide bonds. The second kappa shape index (κ2) is 6.16. The number of aliphatic carboxylic acids is 1. The van der Waals surface area contributed by atoms with Crippen LogP contribution in [0.3, 0.4) is 0 Å². The van der Waals surface area contributed by atoms with Gasteiger partial charge in [-0.25, -0.2) is 0 Å². The topological polar surface area (TPSA) is 77.8 Å². The highest BCUT2D eigenvalue weighted by Gasteiger charge is 2.24. The van der Waals surface area contributed by atoms with Crippen LogP contribution in [0, 0.1) is 0 Å². The number of aliphatic hydroxyl groups is 1. The minimum atomic E-state index is -1.17. The first-order valence-electron chi connectivity index (χ1n) is 5.64. The lowest BCUT2D eigenvalue weighted by molar-refractivity contribution is -0.145. The maximum Gasteiger partial charge on any atom is 0.312 e. The minimum absolute atomic E-state index is 0.487. The largest absolute Gasteiger partial charge is 0.481 e. The van der Waals surface area contributed by atoms with Gasteiger partial charge >= 0.3 is 5.97 Å². The van der Waals surface area contributed by atoms with Gasteiger partial charge in [-0.05, 0) is 12.5 Å². The van der Waals surface area contributed by atoms with Gasteiger partial charge in [0.2, 0.25) is 5.91 Å². The van der Waals surface area contributed by atoms with Crippen molar-refractivity contribution in [1.82, 2.24) is 4.90 Å². The average molecular weight is 251 g/mol. The van der Waals surface area contributed by atoms with Crippen LogP contribution in [-0.4, -0.2) is 40.1 Å². The zero-order valence-electron chi connectivity index (χ0n) is 10.4. The van der Waals surface area contributed by atoms with Gasteiger partial charge in [-0.3, -0.25) is 9.59 Å². The molecule has 5 nitrogen and oxygen atoms in total. The Morgan fingerprint density at radius 3 is 2.33 bits per heavy atom. The van der Waals surface area contributed by atoms with Gasteiger partial charge in [0.05, 0.1) is 12.1 Å². The summed E-state index contributed by atoms with van der Waals surface area (Å²) in [5.41, 5.74) is 0.694. The number of hydrogen-bond donors (Lipinski definition) is 2. The Hall–Kier alpha value is -1.88. The molecule has 0 saturated heterocycles. The van der Waals surface area contributed by atoms with Gasteiger partial charge in [-0.1, -0.05) is 30.3 Å². The predicted molar refractivity (Wildman–Crippen MR) is 65.9 cm³/mol. The molecule has 0 saturated carbocycles. The molecule has 0 aliphatic rings. The molecule has 98 valence electrons. The summed E-state index contributed by atoms with van der Waals surface area (Å²) in [6, 6.07) is 8.46. The number of rotatable bonds is 5. The molecule has 0 bridgehead atoms. The molecule has 1 aromatic carbocycles. The molecule has 5 heteroatoms. The van der Waals surface area contributed by atoms with E-state index in [0.717, 1.165) is 0 Å². The number of hydrogen-bond acceptors (Lipinski definition) is 3. The predicted octanol–water partition coefficient (Wildman–Crippen LogP) is 1.04. The third kappa shape index (κ3) is 3.56. The molecule has 0 aliphatic heterocycles. The van der Waals surface area contributed by atoms with Crippen LogP contribution in [0.2, 0.25) is 0 Å². The van der Waals surface area contributed by atoms with Gasteiger partial charge in [0.25, 0.3) is 0 Å². The summed E-state index contributed by atoms with van der Waals surface area (Å²) in [5.74, 6) is -1.70. The Morgan fingerprint density at radius 2 is 1.83 bits per heavy atom. The molecule has 2 atom stereocenters. The summed E-state index contributed by atoms with van der Waals surface area (Å²) >= 11 is 0. The third-order valence-electron chi connectivity index (χ3n) is 2.90. The zero-order chi connectivity index (χ0) is 13.7. The number of aliphatic hydroxyl groups excluding tert-OH is 1. The smallest absolute Gasteiger partial charge is 0.312 e. The standard InChI is InChI=1S/C13H17NO4/c1-9(14(2)11(15)8-12(16)17)13(18)10-6-4-3-5-7-10/h3-7,9,13,18H,8H2,1-2H3,(H,16,17). The maximum absolute atomic E-state index is 11.6. The lowest BCUT2D eigenvalue weighted by atomic mass is 10.0. The van der Waals surface area contributed by atoms with Crippen LogP contribution in [-0.2, 0) is 9.59 Å². The van der Waals surface area contributed by atoms with E-state index in [2.05, 4.69) is 0 Å². The van der Waals surface area contributed by atoms with E-state index >= 15 is 0 Å². The third-order valence-corrected chi connectivity index (χ3v) is 2.90. The second-order valence-corrected chi connectivity index (χ2v) is 4.17. The average Bonchev–Trinajstić information content (AvgIpc) is 2.36. The zero-order valence-corrected chi connectivity index (χ0v) is 10.4. The summed E-state index contributed by atoms with van der Waals surface area (Å²) < 4.78 is 0. The van der Waals surface area contributed by atoms with Crippen LogP contribution < -0.4 is 0 Å². The van der Waals surface area contributed by atoms with Crippen LogP contribution in [0.4, 0.5) is 0 Å². The molecule has 18 heavy (non-hydrogen) atoms. The number of likely N-dealkylation sites (N-methyl/N-ethyl adjacent to an activating group) is 1. The highest BCUT2D eigenvalue weighted by atomic mass is 16.4.